The molecule has 2 heterocycles. The molecule has 0 saturated carbocycles. The first-order valence-electron chi connectivity index (χ1n) is 6.99. The SMILES string of the molecule is CN1CCCC(Oc2cccc3c2CCNC3)C1. The molecule has 2 aliphatic heterocycles. The Morgan fingerprint density at radius 3 is 3.22 bits per heavy atom. The molecule has 0 bridgehead atoms. The molecule has 1 saturated heterocycles. The van der Waals surface area contributed by atoms with E-state index in [1.54, 1.807) is 0 Å². The van der Waals surface area contributed by atoms with Gasteiger partial charge in [0.2, 0.25) is 0 Å². The van der Waals surface area contributed by atoms with Crippen molar-refractivity contribution in [3.05, 3.63) is 29.3 Å². The third-order valence-corrected chi connectivity index (χ3v) is 3.97. The number of piperidine rings is 1. The zero-order valence-corrected chi connectivity index (χ0v) is 11.1. The Bertz CT molecular complexity index is 419. The van der Waals surface area contributed by atoms with Crippen molar-refractivity contribution in [3.8, 4) is 5.75 Å². The van der Waals surface area contributed by atoms with Crippen molar-refractivity contribution < 1.29 is 4.74 Å². The van der Waals surface area contributed by atoms with Gasteiger partial charge in [-0.15, -0.1) is 0 Å². The molecule has 2 aliphatic rings. The smallest absolute Gasteiger partial charge is 0.123 e. The van der Waals surface area contributed by atoms with E-state index in [2.05, 4.69) is 35.5 Å². The summed E-state index contributed by atoms with van der Waals surface area (Å²) < 4.78 is 6.25. The Hall–Kier alpha value is -1.06. The molecule has 3 rings (SSSR count). The van der Waals surface area contributed by atoms with Crippen LogP contribution in [0.1, 0.15) is 24.0 Å². The predicted octanol–water partition coefficient (Wildman–Crippen LogP) is 1.81. The maximum atomic E-state index is 6.25. The third-order valence-electron chi connectivity index (χ3n) is 3.97. The highest BCUT2D eigenvalue weighted by atomic mass is 16.5. The summed E-state index contributed by atoms with van der Waals surface area (Å²) in [6.07, 6.45) is 3.89. The molecule has 1 N–H and O–H groups in total. The van der Waals surface area contributed by atoms with E-state index in [1.165, 1.54) is 30.5 Å². The van der Waals surface area contributed by atoms with Crippen LogP contribution in [-0.4, -0.2) is 37.7 Å². The Labute approximate surface area is 109 Å². The van der Waals surface area contributed by atoms with E-state index in [1.807, 2.05) is 0 Å². The fraction of sp³-hybridized carbons (Fsp3) is 0.600. The van der Waals surface area contributed by atoms with Crippen molar-refractivity contribution in [2.45, 2.75) is 31.9 Å². The maximum Gasteiger partial charge on any atom is 0.123 e. The van der Waals surface area contributed by atoms with Gasteiger partial charge in [-0.1, -0.05) is 12.1 Å². The van der Waals surface area contributed by atoms with Gasteiger partial charge in [-0.3, -0.25) is 0 Å². The van der Waals surface area contributed by atoms with Crippen LogP contribution in [0.4, 0.5) is 0 Å². The van der Waals surface area contributed by atoms with Gasteiger partial charge in [-0.25, -0.2) is 0 Å². The number of benzene rings is 1. The van der Waals surface area contributed by atoms with Crippen molar-refractivity contribution in [2.24, 2.45) is 0 Å². The van der Waals surface area contributed by atoms with Crippen molar-refractivity contribution >= 4 is 0 Å². The predicted molar refractivity (Wildman–Crippen MR) is 73.0 cm³/mol. The van der Waals surface area contributed by atoms with Crippen LogP contribution in [0.25, 0.3) is 0 Å². The second-order valence-electron chi connectivity index (χ2n) is 5.46. The summed E-state index contributed by atoms with van der Waals surface area (Å²) in [5, 5.41) is 3.42. The molecule has 98 valence electrons. The summed E-state index contributed by atoms with van der Waals surface area (Å²) in [5.74, 6) is 1.12. The van der Waals surface area contributed by atoms with Crippen LogP contribution in [0.5, 0.6) is 5.75 Å². The van der Waals surface area contributed by atoms with Crippen molar-refractivity contribution in [1.82, 2.24) is 10.2 Å². The van der Waals surface area contributed by atoms with Crippen LogP contribution in [0.3, 0.4) is 0 Å². The van der Waals surface area contributed by atoms with Crippen LogP contribution >= 0.6 is 0 Å². The summed E-state index contributed by atoms with van der Waals surface area (Å²) in [6.45, 7) is 4.31. The summed E-state index contributed by atoms with van der Waals surface area (Å²) in [4.78, 5) is 2.37. The van der Waals surface area contributed by atoms with Crippen LogP contribution < -0.4 is 10.1 Å². The lowest BCUT2D eigenvalue weighted by Gasteiger charge is -2.31. The van der Waals surface area contributed by atoms with E-state index in [0.29, 0.717) is 6.10 Å². The molecule has 3 nitrogen and oxygen atoms in total. The second-order valence-corrected chi connectivity index (χ2v) is 5.46. The van der Waals surface area contributed by atoms with Gasteiger partial charge in [-0.05, 0) is 56.6 Å². The summed E-state index contributed by atoms with van der Waals surface area (Å²) >= 11 is 0. The fourth-order valence-electron chi connectivity index (χ4n) is 3.00. The zero-order valence-electron chi connectivity index (χ0n) is 11.1. The maximum absolute atomic E-state index is 6.25. The molecule has 0 amide bonds. The molecule has 1 fully saturated rings. The van der Waals surface area contributed by atoms with E-state index in [4.69, 9.17) is 4.74 Å². The average molecular weight is 246 g/mol. The van der Waals surface area contributed by atoms with Crippen LogP contribution in [0.15, 0.2) is 18.2 Å². The van der Waals surface area contributed by atoms with Gasteiger partial charge in [-0.2, -0.15) is 0 Å². The zero-order chi connectivity index (χ0) is 12.4. The lowest BCUT2D eigenvalue weighted by molar-refractivity contribution is 0.103. The second kappa shape index (κ2) is 5.29. The van der Waals surface area contributed by atoms with E-state index in [-0.39, 0.29) is 0 Å². The molecule has 1 unspecified atom stereocenters. The van der Waals surface area contributed by atoms with Gasteiger partial charge in [0.25, 0.3) is 0 Å². The number of hydrogen-bond acceptors (Lipinski definition) is 3. The Morgan fingerprint density at radius 2 is 2.33 bits per heavy atom. The number of nitrogens with zero attached hydrogens (tertiary/aromatic N) is 1. The normalized spacial score (nSPS) is 24.6. The van der Waals surface area contributed by atoms with Gasteiger partial charge in [0.15, 0.2) is 0 Å². The molecule has 0 spiro atoms. The first-order valence-corrected chi connectivity index (χ1v) is 6.99. The Balaban J connectivity index is 1.76. The van der Waals surface area contributed by atoms with E-state index >= 15 is 0 Å². The fourth-order valence-corrected chi connectivity index (χ4v) is 3.00. The van der Waals surface area contributed by atoms with E-state index < -0.39 is 0 Å². The molecule has 1 aromatic carbocycles. The summed E-state index contributed by atoms with van der Waals surface area (Å²) in [6, 6.07) is 6.47. The van der Waals surface area contributed by atoms with Crippen molar-refractivity contribution in [3.63, 3.8) is 0 Å². The molecular weight excluding hydrogens is 224 g/mol. The molecule has 1 atom stereocenters. The van der Waals surface area contributed by atoms with Gasteiger partial charge in [0, 0.05) is 13.1 Å². The van der Waals surface area contributed by atoms with Crippen LogP contribution in [-0.2, 0) is 13.0 Å². The largest absolute Gasteiger partial charge is 0.489 e. The van der Waals surface area contributed by atoms with Gasteiger partial charge in [0.05, 0.1) is 0 Å². The minimum Gasteiger partial charge on any atom is -0.489 e. The highest BCUT2D eigenvalue weighted by Gasteiger charge is 2.21. The quantitative estimate of drug-likeness (QED) is 0.861. The highest BCUT2D eigenvalue weighted by molar-refractivity contribution is 5.41. The Morgan fingerprint density at radius 1 is 1.39 bits per heavy atom. The molecular formula is C15H22N2O. The molecule has 0 radical (unpaired) electrons. The number of fused-ring (bicyclic) bond motifs is 1. The van der Waals surface area contributed by atoms with E-state index in [0.717, 1.165) is 31.8 Å². The first-order chi connectivity index (χ1) is 8.83. The topological polar surface area (TPSA) is 24.5 Å². The standard InChI is InChI=1S/C15H22N2O/c1-17-9-3-5-13(11-17)18-15-6-2-4-12-10-16-8-7-14(12)15/h2,4,6,13,16H,3,5,7-11H2,1H3. The molecule has 1 aromatic rings. The average Bonchev–Trinajstić information content (AvgIpc) is 2.39. The minimum absolute atomic E-state index is 0.366. The Kier molecular flexibility index (Phi) is 3.52. The summed E-state index contributed by atoms with van der Waals surface area (Å²) in [5.41, 5.74) is 2.83. The third kappa shape index (κ3) is 2.52. The first kappa shape index (κ1) is 12.0. The monoisotopic (exact) mass is 246 g/mol. The van der Waals surface area contributed by atoms with Crippen LogP contribution in [0, 0.1) is 0 Å². The van der Waals surface area contributed by atoms with Crippen LogP contribution in [0.2, 0.25) is 0 Å². The number of rotatable bonds is 2. The number of likely N-dealkylation sites (N-methyl/N-ethyl adjacent to an activating group) is 1. The highest BCUT2D eigenvalue weighted by Crippen LogP contribution is 2.27. The van der Waals surface area contributed by atoms with Crippen molar-refractivity contribution in [2.75, 3.05) is 26.7 Å². The lowest BCUT2D eigenvalue weighted by Crippen LogP contribution is -2.39. The number of nitrogens with one attached hydrogen (secondary N) is 1. The molecule has 0 aromatic heterocycles. The van der Waals surface area contributed by atoms with Gasteiger partial charge >= 0.3 is 0 Å². The lowest BCUT2D eigenvalue weighted by atomic mass is 10.00. The van der Waals surface area contributed by atoms with Gasteiger partial charge < -0.3 is 15.0 Å². The summed E-state index contributed by atoms with van der Waals surface area (Å²) in [7, 11) is 2.18. The number of likely N-dealkylation sites (tertiary alicyclic amines) is 1. The van der Waals surface area contributed by atoms with Gasteiger partial charge in [0.1, 0.15) is 11.9 Å². The number of ether oxygens (including phenoxy) is 1. The van der Waals surface area contributed by atoms with Crippen molar-refractivity contribution in [1.29, 1.82) is 0 Å². The molecule has 3 heteroatoms. The number of hydrogen-bond donors (Lipinski definition) is 1. The molecule has 18 heavy (non-hydrogen) atoms. The minimum atomic E-state index is 0.366. The molecule has 0 aliphatic carbocycles. The van der Waals surface area contributed by atoms with E-state index in [9.17, 15) is 0 Å².